The minimum Gasteiger partial charge on any atom is -0.341 e. The number of nitrogens with one attached hydrogen (secondary N) is 1. The van der Waals surface area contributed by atoms with Gasteiger partial charge in [0.15, 0.2) is 0 Å². The minimum atomic E-state index is -0.0772. The van der Waals surface area contributed by atoms with Gasteiger partial charge in [-0.25, -0.2) is 4.98 Å². The molecule has 1 aromatic heterocycles. The highest BCUT2D eigenvalue weighted by atomic mass is 15.0. The zero-order valence-electron chi connectivity index (χ0n) is 11.3. The molecule has 0 bridgehead atoms. The van der Waals surface area contributed by atoms with Crippen LogP contribution in [0.1, 0.15) is 31.4 Å². The summed E-state index contributed by atoms with van der Waals surface area (Å²) in [5, 5.41) is 0. The standard InChI is InChI=1S/C16H19N3/c1-3-4-6-11-14-18-15(12(2)17)16(19-14)13-9-7-5-8-10-13/h3-12H,17H2,1-2H3,(H,18,19)/b4-3-,11-6-. The van der Waals surface area contributed by atoms with Crippen molar-refractivity contribution in [1.82, 2.24) is 9.97 Å². The molecular formula is C16H19N3. The van der Waals surface area contributed by atoms with Gasteiger partial charge in [-0.1, -0.05) is 48.6 Å². The van der Waals surface area contributed by atoms with Gasteiger partial charge < -0.3 is 10.7 Å². The normalized spacial score (nSPS) is 13.4. The van der Waals surface area contributed by atoms with Crippen molar-refractivity contribution in [2.24, 2.45) is 5.73 Å². The van der Waals surface area contributed by atoms with Gasteiger partial charge >= 0.3 is 0 Å². The molecule has 1 unspecified atom stereocenters. The summed E-state index contributed by atoms with van der Waals surface area (Å²) in [6, 6.07) is 10.0. The molecule has 2 rings (SSSR count). The highest BCUT2D eigenvalue weighted by Crippen LogP contribution is 2.25. The van der Waals surface area contributed by atoms with Crippen LogP contribution in [0.2, 0.25) is 0 Å². The lowest BCUT2D eigenvalue weighted by molar-refractivity contribution is 0.790. The molecule has 3 N–H and O–H groups in total. The zero-order chi connectivity index (χ0) is 13.7. The molecule has 1 atom stereocenters. The lowest BCUT2D eigenvalue weighted by Crippen LogP contribution is -2.06. The van der Waals surface area contributed by atoms with Crippen molar-refractivity contribution < 1.29 is 0 Å². The average Bonchev–Trinajstić information content (AvgIpc) is 2.84. The van der Waals surface area contributed by atoms with Crippen molar-refractivity contribution in [2.75, 3.05) is 0 Å². The van der Waals surface area contributed by atoms with E-state index in [2.05, 4.69) is 9.97 Å². The molecule has 3 heteroatoms. The van der Waals surface area contributed by atoms with Crippen molar-refractivity contribution in [3.63, 3.8) is 0 Å². The predicted molar refractivity (Wildman–Crippen MR) is 80.5 cm³/mol. The van der Waals surface area contributed by atoms with E-state index in [1.54, 1.807) is 0 Å². The van der Waals surface area contributed by atoms with Gasteiger partial charge in [0, 0.05) is 11.6 Å². The van der Waals surface area contributed by atoms with Gasteiger partial charge in [0.2, 0.25) is 0 Å². The Balaban J connectivity index is 2.42. The highest BCUT2D eigenvalue weighted by Gasteiger charge is 2.13. The Kier molecular flexibility index (Phi) is 4.31. The van der Waals surface area contributed by atoms with Crippen LogP contribution in [-0.4, -0.2) is 9.97 Å². The molecular weight excluding hydrogens is 234 g/mol. The lowest BCUT2D eigenvalue weighted by atomic mass is 10.1. The second kappa shape index (κ2) is 6.16. The number of H-pyrrole nitrogens is 1. The molecule has 0 spiro atoms. The van der Waals surface area contributed by atoms with Gasteiger partial charge in [-0.05, 0) is 19.9 Å². The number of benzene rings is 1. The molecule has 0 aliphatic rings. The molecule has 19 heavy (non-hydrogen) atoms. The topological polar surface area (TPSA) is 54.7 Å². The minimum absolute atomic E-state index is 0.0772. The van der Waals surface area contributed by atoms with Crippen LogP contribution >= 0.6 is 0 Å². The number of aromatic nitrogens is 2. The van der Waals surface area contributed by atoms with E-state index >= 15 is 0 Å². The van der Waals surface area contributed by atoms with E-state index in [0.29, 0.717) is 0 Å². The molecule has 3 nitrogen and oxygen atoms in total. The van der Waals surface area contributed by atoms with Gasteiger partial charge in [-0.2, -0.15) is 0 Å². The smallest absolute Gasteiger partial charge is 0.130 e. The van der Waals surface area contributed by atoms with E-state index in [0.717, 1.165) is 22.8 Å². The van der Waals surface area contributed by atoms with Crippen LogP contribution in [0.4, 0.5) is 0 Å². The Morgan fingerprint density at radius 1 is 1.21 bits per heavy atom. The average molecular weight is 253 g/mol. The Bertz CT molecular complexity index is 577. The number of imidazole rings is 1. The first-order valence-corrected chi connectivity index (χ1v) is 6.42. The number of hydrogen-bond donors (Lipinski definition) is 2. The summed E-state index contributed by atoms with van der Waals surface area (Å²) >= 11 is 0. The quantitative estimate of drug-likeness (QED) is 0.816. The maximum absolute atomic E-state index is 6.01. The Labute approximate surface area is 113 Å². The molecule has 0 saturated carbocycles. The summed E-state index contributed by atoms with van der Waals surface area (Å²) in [5.41, 5.74) is 8.98. The molecule has 0 saturated heterocycles. The fourth-order valence-electron chi connectivity index (χ4n) is 1.89. The second-order valence-electron chi connectivity index (χ2n) is 4.42. The van der Waals surface area contributed by atoms with Gasteiger partial charge in [-0.3, -0.25) is 0 Å². The maximum atomic E-state index is 6.01. The van der Waals surface area contributed by atoms with Gasteiger partial charge in [-0.15, -0.1) is 0 Å². The first-order chi connectivity index (χ1) is 9.22. The summed E-state index contributed by atoms with van der Waals surface area (Å²) in [5.74, 6) is 0.823. The molecule has 0 fully saturated rings. The van der Waals surface area contributed by atoms with Gasteiger partial charge in [0.1, 0.15) is 5.82 Å². The third-order valence-corrected chi connectivity index (χ3v) is 2.81. The van der Waals surface area contributed by atoms with E-state index in [9.17, 15) is 0 Å². The molecule has 0 amide bonds. The van der Waals surface area contributed by atoms with Gasteiger partial charge in [0.25, 0.3) is 0 Å². The molecule has 2 aromatic rings. The summed E-state index contributed by atoms with van der Waals surface area (Å²) < 4.78 is 0. The molecule has 98 valence electrons. The first-order valence-electron chi connectivity index (χ1n) is 6.42. The van der Waals surface area contributed by atoms with Crippen molar-refractivity contribution >= 4 is 6.08 Å². The van der Waals surface area contributed by atoms with E-state index < -0.39 is 0 Å². The van der Waals surface area contributed by atoms with E-state index in [4.69, 9.17) is 5.73 Å². The Morgan fingerprint density at radius 3 is 2.58 bits per heavy atom. The van der Waals surface area contributed by atoms with Crippen molar-refractivity contribution in [3.05, 3.63) is 60.1 Å². The highest BCUT2D eigenvalue weighted by molar-refractivity contribution is 5.64. The van der Waals surface area contributed by atoms with Gasteiger partial charge in [0.05, 0.1) is 11.4 Å². The van der Waals surface area contributed by atoms with Crippen LogP contribution in [0.15, 0.2) is 48.6 Å². The van der Waals surface area contributed by atoms with Crippen LogP contribution in [0.25, 0.3) is 17.3 Å². The largest absolute Gasteiger partial charge is 0.341 e. The van der Waals surface area contributed by atoms with E-state index in [1.165, 1.54) is 0 Å². The second-order valence-corrected chi connectivity index (χ2v) is 4.42. The molecule has 0 aliphatic carbocycles. The number of nitrogens with zero attached hydrogens (tertiary/aromatic N) is 1. The fraction of sp³-hybridized carbons (Fsp3) is 0.188. The van der Waals surface area contributed by atoms with Crippen LogP contribution < -0.4 is 5.73 Å². The summed E-state index contributed by atoms with van der Waals surface area (Å²) in [4.78, 5) is 7.90. The van der Waals surface area contributed by atoms with Crippen LogP contribution in [-0.2, 0) is 0 Å². The number of rotatable bonds is 4. The number of nitrogens with two attached hydrogens (primary N) is 1. The summed E-state index contributed by atoms with van der Waals surface area (Å²) in [7, 11) is 0. The predicted octanol–water partition coefficient (Wildman–Crippen LogP) is 3.69. The fourth-order valence-corrected chi connectivity index (χ4v) is 1.89. The molecule has 1 aromatic carbocycles. The Hall–Kier alpha value is -2.13. The Morgan fingerprint density at radius 2 is 1.95 bits per heavy atom. The molecule has 0 aliphatic heterocycles. The first kappa shape index (κ1) is 13.3. The van der Waals surface area contributed by atoms with Crippen molar-refractivity contribution in [3.8, 4) is 11.3 Å². The molecule has 0 radical (unpaired) electrons. The van der Waals surface area contributed by atoms with E-state index in [-0.39, 0.29) is 6.04 Å². The third-order valence-electron chi connectivity index (χ3n) is 2.81. The van der Waals surface area contributed by atoms with Crippen molar-refractivity contribution in [1.29, 1.82) is 0 Å². The zero-order valence-corrected chi connectivity index (χ0v) is 11.3. The SMILES string of the molecule is C/C=C\C=C/c1nc(-c2ccccc2)c(C(C)N)[nH]1. The van der Waals surface area contributed by atoms with Crippen LogP contribution in [0, 0.1) is 0 Å². The van der Waals surface area contributed by atoms with E-state index in [1.807, 2.05) is 68.5 Å². The number of hydrogen-bond acceptors (Lipinski definition) is 2. The van der Waals surface area contributed by atoms with Crippen molar-refractivity contribution in [2.45, 2.75) is 19.9 Å². The lowest BCUT2D eigenvalue weighted by Gasteiger charge is -2.05. The number of aromatic amines is 1. The number of allylic oxidation sites excluding steroid dienone is 3. The molecule has 1 heterocycles. The summed E-state index contributed by atoms with van der Waals surface area (Å²) in [6.45, 7) is 3.94. The van der Waals surface area contributed by atoms with Crippen LogP contribution in [0.5, 0.6) is 0 Å². The third kappa shape index (κ3) is 3.20. The summed E-state index contributed by atoms with van der Waals surface area (Å²) in [6.07, 6.45) is 7.84. The van der Waals surface area contributed by atoms with Crippen LogP contribution in [0.3, 0.4) is 0 Å². The monoisotopic (exact) mass is 253 g/mol. The maximum Gasteiger partial charge on any atom is 0.130 e.